The lowest BCUT2D eigenvalue weighted by molar-refractivity contribution is -0.119. The fourth-order valence-corrected chi connectivity index (χ4v) is 3.68. The predicted octanol–water partition coefficient (Wildman–Crippen LogP) is 4.13. The molecule has 0 saturated heterocycles. The Balaban J connectivity index is 1.62. The number of carbonyl (C=O) groups is 1. The van der Waals surface area contributed by atoms with E-state index in [0.717, 1.165) is 35.6 Å². The molecular weight excluding hydrogens is 360 g/mol. The van der Waals surface area contributed by atoms with Gasteiger partial charge in [0.1, 0.15) is 5.76 Å². The molecule has 0 spiro atoms. The number of rotatable bonds is 8. The Morgan fingerprint density at radius 3 is 2.70 bits per heavy atom. The van der Waals surface area contributed by atoms with Crippen molar-refractivity contribution in [3.8, 4) is 11.4 Å². The van der Waals surface area contributed by atoms with E-state index < -0.39 is 0 Å². The van der Waals surface area contributed by atoms with E-state index in [9.17, 15) is 4.79 Å². The molecule has 0 unspecified atom stereocenters. The Kier molecular flexibility index (Phi) is 6.34. The van der Waals surface area contributed by atoms with Gasteiger partial charge in [0.15, 0.2) is 11.0 Å². The second-order valence-electron chi connectivity index (χ2n) is 6.36. The molecule has 7 heteroatoms. The van der Waals surface area contributed by atoms with Gasteiger partial charge < -0.3 is 14.3 Å². The highest BCUT2D eigenvalue weighted by Crippen LogP contribution is 2.26. The maximum Gasteiger partial charge on any atom is 0.230 e. The maximum absolute atomic E-state index is 12.5. The molecule has 1 aromatic carbocycles. The van der Waals surface area contributed by atoms with E-state index in [2.05, 4.69) is 34.6 Å². The summed E-state index contributed by atoms with van der Waals surface area (Å²) in [7, 11) is 1.89. The van der Waals surface area contributed by atoms with Crippen LogP contribution < -0.4 is 5.32 Å². The molecule has 2 heterocycles. The van der Waals surface area contributed by atoms with Gasteiger partial charge in [-0.3, -0.25) is 4.79 Å². The Hall–Kier alpha value is -2.54. The number of aryl methyl sites for hydroxylation is 1. The lowest BCUT2D eigenvalue weighted by atomic mass is 10.0. The molecule has 2 aromatic heterocycles. The highest BCUT2D eigenvalue weighted by Gasteiger charge is 2.17. The van der Waals surface area contributed by atoms with E-state index in [1.165, 1.54) is 11.8 Å². The van der Waals surface area contributed by atoms with Crippen LogP contribution in [0.2, 0.25) is 0 Å². The lowest BCUT2D eigenvalue weighted by Crippen LogP contribution is -2.30. The first-order valence-corrected chi connectivity index (χ1v) is 9.99. The minimum Gasteiger partial charge on any atom is -0.469 e. The van der Waals surface area contributed by atoms with Gasteiger partial charge in [-0.05, 0) is 25.0 Å². The fourth-order valence-electron chi connectivity index (χ4n) is 2.95. The summed E-state index contributed by atoms with van der Waals surface area (Å²) in [4.78, 5) is 12.5. The predicted molar refractivity (Wildman–Crippen MR) is 106 cm³/mol. The van der Waals surface area contributed by atoms with Crippen LogP contribution in [0.4, 0.5) is 0 Å². The van der Waals surface area contributed by atoms with Crippen LogP contribution in [-0.2, 0) is 11.8 Å². The quantitative estimate of drug-likeness (QED) is 0.591. The monoisotopic (exact) mass is 384 g/mol. The van der Waals surface area contributed by atoms with Crippen LogP contribution in [0.1, 0.15) is 37.1 Å². The first kappa shape index (κ1) is 19.2. The number of aromatic nitrogens is 3. The van der Waals surface area contributed by atoms with Crippen molar-refractivity contribution < 1.29 is 9.21 Å². The van der Waals surface area contributed by atoms with E-state index in [1.54, 1.807) is 6.26 Å². The summed E-state index contributed by atoms with van der Waals surface area (Å²) in [5, 5.41) is 12.3. The average Bonchev–Trinajstić information content (AvgIpc) is 3.25. The molecule has 3 aromatic rings. The number of hydrogen-bond acceptors (Lipinski definition) is 5. The van der Waals surface area contributed by atoms with Gasteiger partial charge in [0.05, 0.1) is 23.6 Å². The first-order chi connectivity index (χ1) is 13.1. The SMILES string of the molecule is CCC[C@H](NC(=O)CSc1nnc(-c2ccoc2C)n1C)c1ccccc1. The summed E-state index contributed by atoms with van der Waals surface area (Å²) in [5.41, 5.74) is 2.04. The summed E-state index contributed by atoms with van der Waals surface area (Å²) in [6, 6.07) is 12.0. The summed E-state index contributed by atoms with van der Waals surface area (Å²) >= 11 is 1.38. The molecule has 0 aliphatic heterocycles. The van der Waals surface area contributed by atoms with E-state index >= 15 is 0 Å². The third-order valence-corrected chi connectivity index (χ3v) is 5.40. The fraction of sp³-hybridized carbons (Fsp3) is 0.350. The van der Waals surface area contributed by atoms with E-state index in [1.807, 2.05) is 42.8 Å². The molecular formula is C20H24N4O2S. The van der Waals surface area contributed by atoms with Crippen molar-refractivity contribution in [1.29, 1.82) is 0 Å². The van der Waals surface area contributed by atoms with Crippen LogP contribution in [0, 0.1) is 6.92 Å². The number of nitrogens with zero attached hydrogens (tertiary/aromatic N) is 3. The molecule has 142 valence electrons. The van der Waals surface area contributed by atoms with Gasteiger partial charge >= 0.3 is 0 Å². The Morgan fingerprint density at radius 2 is 2.04 bits per heavy atom. The Labute approximate surface area is 163 Å². The molecule has 0 aliphatic carbocycles. The molecule has 1 amide bonds. The molecule has 3 rings (SSSR count). The number of hydrogen-bond donors (Lipinski definition) is 1. The second-order valence-corrected chi connectivity index (χ2v) is 7.31. The Bertz CT molecular complexity index is 889. The molecule has 1 atom stereocenters. The van der Waals surface area contributed by atoms with Crippen LogP contribution in [0.25, 0.3) is 11.4 Å². The molecule has 6 nitrogen and oxygen atoms in total. The van der Waals surface area contributed by atoms with Gasteiger partial charge in [0.25, 0.3) is 0 Å². The third kappa shape index (κ3) is 4.60. The molecule has 0 saturated carbocycles. The minimum absolute atomic E-state index is 0.00801. The molecule has 0 aliphatic rings. The van der Waals surface area contributed by atoms with E-state index in [-0.39, 0.29) is 11.9 Å². The first-order valence-electron chi connectivity index (χ1n) is 9.01. The van der Waals surface area contributed by atoms with Crippen molar-refractivity contribution in [2.45, 2.75) is 37.9 Å². The van der Waals surface area contributed by atoms with Crippen molar-refractivity contribution in [3.05, 3.63) is 54.0 Å². The van der Waals surface area contributed by atoms with E-state index in [0.29, 0.717) is 10.9 Å². The van der Waals surface area contributed by atoms with Crippen LogP contribution in [-0.4, -0.2) is 26.4 Å². The van der Waals surface area contributed by atoms with Crippen molar-refractivity contribution in [2.24, 2.45) is 7.05 Å². The standard InChI is InChI=1S/C20H24N4O2S/c1-4-8-17(15-9-6-5-7-10-15)21-18(25)13-27-20-23-22-19(24(20)3)16-11-12-26-14(16)2/h5-7,9-12,17H,4,8,13H2,1-3H3,(H,21,25)/t17-/m0/s1. The topological polar surface area (TPSA) is 73.0 Å². The van der Waals surface area contributed by atoms with Crippen LogP contribution in [0.5, 0.6) is 0 Å². The van der Waals surface area contributed by atoms with Crippen molar-refractivity contribution in [2.75, 3.05) is 5.75 Å². The van der Waals surface area contributed by atoms with Gasteiger partial charge in [-0.25, -0.2) is 0 Å². The molecule has 0 radical (unpaired) electrons. The summed E-state index contributed by atoms with van der Waals surface area (Å²) < 4.78 is 7.22. The van der Waals surface area contributed by atoms with Crippen molar-refractivity contribution in [3.63, 3.8) is 0 Å². The third-order valence-electron chi connectivity index (χ3n) is 4.38. The Morgan fingerprint density at radius 1 is 1.26 bits per heavy atom. The lowest BCUT2D eigenvalue weighted by Gasteiger charge is -2.18. The number of benzene rings is 1. The zero-order chi connectivity index (χ0) is 19.2. The van der Waals surface area contributed by atoms with Crippen LogP contribution in [0.15, 0.2) is 52.2 Å². The van der Waals surface area contributed by atoms with Gasteiger partial charge in [-0.15, -0.1) is 10.2 Å². The number of nitrogens with one attached hydrogen (secondary N) is 1. The van der Waals surface area contributed by atoms with Crippen LogP contribution >= 0.6 is 11.8 Å². The largest absolute Gasteiger partial charge is 0.469 e. The summed E-state index contributed by atoms with van der Waals surface area (Å²) in [6.45, 7) is 4.01. The number of furan rings is 1. The highest BCUT2D eigenvalue weighted by atomic mass is 32.2. The zero-order valence-corrected chi connectivity index (χ0v) is 16.6. The average molecular weight is 385 g/mol. The van der Waals surface area contributed by atoms with E-state index in [4.69, 9.17) is 4.42 Å². The zero-order valence-electron chi connectivity index (χ0n) is 15.8. The smallest absolute Gasteiger partial charge is 0.230 e. The van der Waals surface area contributed by atoms with Gasteiger partial charge in [0.2, 0.25) is 5.91 Å². The summed E-state index contributed by atoms with van der Waals surface area (Å²) in [6.07, 6.45) is 3.55. The molecule has 0 fully saturated rings. The molecule has 1 N–H and O–H groups in total. The molecule has 0 bridgehead atoms. The normalized spacial score (nSPS) is 12.1. The summed E-state index contributed by atoms with van der Waals surface area (Å²) in [5.74, 6) is 1.82. The van der Waals surface area contributed by atoms with Crippen molar-refractivity contribution >= 4 is 17.7 Å². The van der Waals surface area contributed by atoms with Gasteiger partial charge in [-0.1, -0.05) is 55.4 Å². The van der Waals surface area contributed by atoms with Gasteiger partial charge in [-0.2, -0.15) is 0 Å². The maximum atomic E-state index is 12.5. The number of carbonyl (C=O) groups excluding carboxylic acids is 1. The number of thioether (sulfide) groups is 1. The molecule has 27 heavy (non-hydrogen) atoms. The number of amides is 1. The van der Waals surface area contributed by atoms with Crippen molar-refractivity contribution in [1.82, 2.24) is 20.1 Å². The van der Waals surface area contributed by atoms with Crippen LogP contribution in [0.3, 0.4) is 0 Å². The minimum atomic E-state index is -0.00801. The second kappa shape index (κ2) is 8.90. The highest BCUT2D eigenvalue weighted by molar-refractivity contribution is 7.99. The van der Waals surface area contributed by atoms with Gasteiger partial charge in [0, 0.05) is 7.05 Å².